The number of aromatic amines is 1. The van der Waals surface area contributed by atoms with Crippen LogP contribution in [0.5, 0.6) is 0 Å². The lowest BCUT2D eigenvalue weighted by Gasteiger charge is -1.93. The van der Waals surface area contributed by atoms with Gasteiger partial charge < -0.3 is 0 Å². The SMILES string of the molecule is [B]c1[nH]nc2cccc(C)c12. The molecule has 2 rings (SSSR count). The minimum absolute atomic E-state index is 0.651. The molecule has 1 aromatic heterocycles. The Morgan fingerprint density at radius 1 is 1.45 bits per heavy atom. The Kier molecular flexibility index (Phi) is 1.25. The van der Waals surface area contributed by atoms with Crippen molar-refractivity contribution in [2.24, 2.45) is 0 Å². The highest BCUT2D eigenvalue weighted by Crippen LogP contribution is 2.11. The van der Waals surface area contributed by atoms with Gasteiger partial charge in [0.1, 0.15) is 7.85 Å². The average Bonchev–Trinajstić information content (AvgIpc) is 2.34. The van der Waals surface area contributed by atoms with E-state index in [0.717, 1.165) is 16.5 Å². The van der Waals surface area contributed by atoms with E-state index in [0.29, 0.717) is 5.59 Å². The molecule has 0 aliphatic carbocycles. The third-order valence-corrected chi connectivity index (χ3v) is 1.82. The van der Waals surface area contributed by atoms with Crippen LogP contribution in [0.4, 0.5) is 0 Å². The van der Waals surface area contributed by atoms with Crippen LogP contribution in [-0.4, -0.2) is 18.0 Å². The molecule has 0 aliphatic heterocycles. The number of aromatic nitrogens is 2. The zero-order chi connectivity index (χ0) is 7.84. The monoisotopic (exact) mass is 142 g/mol. The number of fused-ring (bicyclic) bond motifs is 1. The summed E-state index contributed by atoms with van der Waals surface area (Å²) in [5.41, 5.74) is 2.74. The van der Waals surface area contributed by atoms with Gasteiger partial charge in [0.25, 0.3) is 0 Å². The number of nitrogens with zero attached hydrogens (tertiary/aromatic N) is 1. The summed E-state index contributed by atoms with van der Waals surface area (Å²) in [7, 11) is 5.66. The largest absolute Gasteiger partial charge is 0.292 e. The smallest absolute Gasteiger partial charge is 0.141 e. The van der Waals surface area contributed by atoms with Gasteiger partial charge in [-0.1, -0.05) is 12.1 Å². The molecule has 0 amide bonds. The highest BCUT2D eigenvalue weighted by atomic mass is 15.1. The molecule has 3 heteroatoms. The molecule has 0 spiro atoms. The summed E-state index contributed by atoms with van der Waals surface area (Å²) < 4.78 is 0. The molecule has 2 aromatic rings. The minimum Gasteiger partial charge on any atom is -0.292 e. The molecule has 11 heavy (non-hydrogen) atoms. The van der Waals surface area contributed by atoms with E-state index >= 15 is 0 Å². The van der Waals surface area contributed by atoms with Crippen LogP contribution in [0.2, 0.25) is 0 Å². The van der Waals surface area contributed by atoms with Crippen molar-refractivity contribution in [3.63, 3.8) is 0 Å². The summed E-state index contributed by atoms with van der Waals surface area (Å²) in [5.74, 6) is 0. The van der Waals surface area contributed by atoms with Crippen LogP contribution in [0.1, 0.15) is 5.56 Å². The second-order valence-electron chi connectivity index (χ2n) is 2.61. The molecule has 1 N–H and O–H groups in total. The third-order valence-electron chi connectivity index (χ3n) is 1.82. The van der Waals surface area contributed by atoms with Gasteiger partial charge in [-0.15, -0.1) is 0 Å². The highest BCUT2D eigenvalue weighted by molar-refractivity contribution is 6.37. The number of hydrogen-bond acceptors (Lipinski definition) is 1. The molecule has 0 bridgehead atoms. The van der Waals surface area contributed by atoms with Crippen LogP contribution in [0.15, 0.2) is 18.2 Å². The summed E-state index contributed by atoms with van der Waals surface area (Å²) in [6.07, 6.45) is 0. The Bertz CT molecular complexity index is 392. The van der Waals surface area contributed by atoms with E-state index in [-0.39, 0.29) is 0 Å². The Labute approximate surface area is 66.0 Å². The zero-order valence-electron chi connectivity index (χ0n) is 6.26. The van der Waals surface area contributed by atoms with Crippen LogP contribution in [0, 0.1) is 6.92 Å². The van der Waals surface area contributed by atoms with Crippen molar-refractivity contribution in [3.8, 4) is 0 Å². The van der Waals surface area contributed by atoms with Crippen molar-refractivity contribution in [1.82, 2.24) is 10.2 Å². The standard InChI is InChI=1S/C8H7BN2/c1-5-3-2-4-6-7(5)8(9)11-10-6/h2-4H,1H3,(H,10,11). The summed E-state index contributed by atoms with van der Waals surface area (Å²) in [6, 6.07) is 5.93. The van der Waals surface area contributed by atoms with E-state index in [2.05, 4.69) is 10.2 Å². The Morgan fingerprint density at radius 2 is 2.27 bits per heavy atom. The van der Waals surface area contributed by atoms with E-state index in [4.69, 9.17) is 7.85 Å². The van der Waals surface area contributed by atoms with Crippen LogP contribution >= 0.6 is 0 Å². The van der Waals surface area contributed by atoms with Crippen LogP contribution < -0.4 is 5.59 Å². The van der Waals surface area contributed by atoms with Gasteiger partial charge in [-0.2, -0.15) is 5.10 Å². The van der Waals surface area contributed by atoms with Gasteiger partial charge in [-0.05, 0) is 24.1 Å². The van der Waals surface area contributed by atoms with E-state index in [1.807, 2.05) is 25.1 Å². The maximum Gasteiger partial charge on any atom is 0.141 e. The van der Waals surface area contributed by atoms with Gasteiger partial charge in [0.15, 0.2) is 0 Å². The fourth-order valence-corrected chi connectivity index (χ4v) is 1.27. The van der Waals surface area contributed by atoms with Crippen LogP contribution in [-0.2, 0) is 0 Å². The molecule has 2 radical (unpaired) electrons. The molecule has 0 saturated heterocycles. The predicted molar refractivity (Wildman–Crippen MR) is 46.2 cm³/mol. The lowest BCUT2D eigenvalue weighted by atomic mass is 9.97. The minimum atomic E-state index is 0.651. The number of benzene rings is 1. The van der Waals surface area contributed by atoms with Gasteiger partial charge in [0.2, 0.25) is 0 Å². The Balaban J connectivity index is 2.96. The molecule has 1 aromatic carbocycles. The predicted octanol–water partition coefficient (Wildman–Crippen LogP) is 0.665. The third kappa shape index (κ3) is 0.844. The Hall–Kier alpha value is -1.25. The summed E-state index contributed by atoms with van der Waals surface area (Å²) >= 11 is 0. The molecule has 2 nitrogen and oxygen atoms in total. The van der Waals surface area contributed by atoms with E-state index in [1.165, 1.54) is 0 Å². The number of rotatable bonds is 0. The van der Waals surface area contributed by atoms with Gasteiger partial charge in [-0.3, -0.25) is 5.10 Å². The zero-order valence-corrected chi connectivity index (χ0v) is 6.26. The first kappa shape index (κ1) is 6.46. The highest BCUT2D eigenvalue weighted by Gasteiger charge is 2.01. The molecular formula is C8H7BN2. The van der Waals surface area contributed by atoms with Crippen molar-refractivity contribution in [2.45, 2.75) is 6.92 Å². The Morgan fingerprint density at radius 3 is 3.00 bits per heavy atom. The van der Waals surface area contributed by atoms with Crippen molar-refractivity contribution in [2.75, 3.05) is 0 Å². The molecule has 0 atom stereocenters. The summed E-state index contributed by atoms with van der Waals surface area (Å²) in [4.78, 5) is 0. The van der Waals surface area contributed by atoms with Gasteiger partial charge in [-0.25, -0.2) is 0 Å². The second kappa shape index (κ2) is 2.12. The number of hydrogen-bond donors (Lipinski definition) is 1. The van der Waals surface area contributed by atoms with Gasteiger partial charge in [0, 0.05) is 5.39 Å². The molecule has 0 saturated carbocycles. The maximum absolute atomic E-state index is 5.66. The van der Waals surface area contributed by atoms with Gasteiger partial charge >= 0.3 is 0 Å². The van der Waals surface area contributed by atoms with E-state index in [1.54, 1.807) is 0 Å². The number of nitrogens with one attached hydrogen (secondary N) is 1. The van der Waals surface area contributed by atoms with Crippen LogP contribution in [0.3, 0.4) is 0 Å². The first-order chi connectivity index (χ1) is 5.29. The molecule has 52 valence electrons. The molecule has 0 aliphatic rings. The van der Waals surface area contributed by atoms with Gasteiger partial charge in [0.05, 0.1) is 5.52 Å². The molecule has 0 unspecified atom stereocenters. The lowest BCUT2D eigenvalue weighted by Crippen LogP contribution is -2.03. The first-order valence-corrected chi connectivity index (χ1v) is 3.48. The van der Waals surface area contributed by atoms with E-state index < -0.39 is 0 Å². The first-order valence-electron chi connectivity index (χ1n) is 3.48. The topological polar surface area (TPSA) is 28.7 Å². The number of aryl methyl sites for hydroxylation is 1. The van der Waals surface area contributed by atoms with Crippen molar-refractivity contribution >= 4 is 24.3 Å². The normalized spacial score (nSPS) is 10.6. The van der Waals surface area contributed by atoms with Crippen molar-refractivity contribution in [1.29, 1.82) is 0 Å². The van der Waals surface area contributed by atoms with Crippen molar-refractivity contribution < 1.29 is 0 Å². The summed E-state index contributed by atoms with van der Waals surface area (Å²) in [5, 5.41) is 7.81. The summed E-state index contributed by atoms with van der Waals surface area (Å²) in [6.45, 7) is 2.02. The lowest BCUT2D eigenvalue weighted by molar-refractivity contribution is 1.14. The fourth-order valence-electron chi connectivity index (χ4n) is 1.27. The van der Waals surface area contributed by atoms with Crippen molar-refractivity contribution in [3.05, 3.63) is 23.8 Å². The molecule has 0 fully saturated rings. The fraction of sp³-hybridized carbons (Fsp3) is 0.125. The molecular weight excluding hydrogens is 135 g/mol. The quantitative estimate of drug-likeness (QED) is 0.538. The number of H-pyrrole nitrogens is 1. The second-order valence-corrected chi connectivity index (χ2v) is 2.61. The molecule has 1 heterocycles. The average molecular weight is 142 g/mol. The van der Waals surface area contributed by atoms with E-state index in [9.17, 15) is 0 Å². The van der Waals surface area contributed by atoms with Crippen LogP contribution in [0.25, 0.3) is 10.9 Å². The maximum atomic E-state index is 5.66.